The second kappa shape index (κ2) is 9.90. The van der Waals surface area contributed by atoms with Gasteiger partial charge in [-0.3, -0.25) is 9.69 Å². The molecule has 1 N–H and O–H groups in total. The van der Waals surface area contributed by atoms with Crippen molar-refractivity contribution >= 4 is 11.5 Å². The Morgan fingerprint density at radius 1 is 1.03 bits per heavy atom. The molecule has 0 saturated carbocycles. The molecule has 5 nitrogen and oxygen atoms in total. The van der Waals surface area contributed by atoms with E-state index in [0.29, 0.717) is 24.3 Å². The lowest BCUT2D eigenvalue weighted by Crippen LogP contribution is -2.49. The van der Waals surface area contributed by atoms with E-state index in [4.69, 9.17) is 4.74 Å². The number of ether oxygens (including phenoxy) is 1. The first kappa shape index (κ1) is 21.3. The number of aliphatic hydroxyl groups excluding tert-OH is 1. The second-order valence-electron chi connectivity index (χ2n) is 7.82. The maximum absolute atomic E-state index is 11.7. The highest BCUT2D eigenvalue weighted by molar-refractivity contribution is 5.95. The number of anilines is 1. The smallest absolute Gasteiger partial charge is 0.162 e. The van der Waals surface area contributed by atoms with Crippen LogP contribution in [0.25, 0.3) is 0 Å². The summed E-state index contributed by atoms with van der Waals surface area (Å²) in [5.41, 5.74) is 4.62. The highest BCUT2D eigenvalue weighted by atomic mass is 16.5. The molecule has 0 amide bonds. The molecule has 2 aromatic carbocycles. The molecule has 1 heterocycles. The molecule has 3 rings (SSSR count). The number of hydrogen-bond acceptors (Lipinski definition) is 5. The Balaban J connectivity index is 1.42. The van der Waals surface area contributed by atoms with Gasteiger partial charge in [0.15, 0.2) is 5.78 Å². The molecule has 1 aliphatic heterocycles. The minimum atomic E-state index is -0.542. The van der Waals surface area contributed by atoms with E-state index in [0.717, 1.165) is 26.2 Å². The van der Waals surface area contributed by atoms with Gasteiger partial charge in [-0.15, -0.1) is 0 Å². The molecule has 0 spiro atoms. The zero-order valence-corrected chi connectivity index (χ0v) is 17.7. The first-order valence-corrected chi connectivity index (χ1v) is 10.4. The van der Waals surface area contributed by atoms with E-state index < -0.39 is 6.10 Å². The summed E-state index contributed by atoms with van der Waals surface area (Å²) in [7, 11) is 0. The van der Waals surface area contributed by atoms with Crippen molar-refractivity contribution in [2.24, 2.45) is 0 Å². The standard InChI is InChI=1S/C24H32N2O3/c1-4-24(28)20-6-9-23(10-7-20)29-17-22(27)16-25-11-13-26(14-12-25)21-8-5-18(2)19(3)15-21/h5-10,15,22,27H,4,11-14,16-17H2,1-3H3. The third kappa shape index (κ3) is 5.81. The maximum Gasteiger partial charge on any atom is 0.162 e. The Hall–Kier alpha value is -2.37. The van der Waals surface area contributed by atoms with Crippen LogP contribution in [0.1, 0.15) is 34.8 Å². The van der Waals surface area contributed by atoms with Crippen molar-refractivity contribution in [2.75, 3.05) is 44.2 Å². The fraction of sp³-hybridized carbons (Fsp3) is 0.458. The summed E-state index contributed by atoms with van der Waals surface area (Å²) in [6.45, 7) is 10.8. The van der Waals surface area contributed by atoms with Crippen molar-refractivity contribution < 1.29 is 14.6 Å². The van der Waals surface area contributed by atoms with E-state index in [1.165, 1.54) is 16.8 Å². The van der Waals surface area contributed by atoms with Gasteiger partial charge in [-0.2, -0.15) is 0 Å². The average molecular weight is 397 g/mol. The molecule has 1 atom stereocenters. The summed E-state index contributed by atoms with van der Waals surface area (Å²) >= 11 is 0. The summed E-state index contributed by atoms with van der Waals surface area (Å²) < 4.78 is 5.69. The molecule has 1 saturated heterocycles. The van der Waals surface area contributed by atoms with E-state index in [2.05, 4.69) is 41.8 Å². The van der Waals surface area contributed by atoms with Gasteiger partial charge in [-0.25, -0.2) is 0 Å². The molecule has 1 aliphatic rings. The van der Waals surface area contributed by atoms with Crippen LogP contribution in [0.3, 0.4) is 0 Å². The largest absolute Gasteiger partial charge is 0.491 e. The van der Waals surface area contributed by atoms with Crippen LogP contribution in [0, 0.1) is 13.8 Å². The van der Waals surface area contributed by atoms with Crippen LogP contribution in [0.15, 0.2) is 42.5 Å². The number of aliphatic hydroxyl groups is 1. The van der Waals surface area contributed by atoms with Crippen molar-refractivity contribution in [1.82, 2.24) is 4.90 Å². The fourth-order valence-electron chi connectivity index (χ4n) is 3.60. The minimum Gasteiger partial charge on any atom is -0.491 e. The molecule has 0 aromatic heterocycles. The van der Waals surface area contributed by atoms with Crippen LogP contribution in [0.2, 0.25) is 0 Å². The van der Waals surface area contributed by atoms with Crippen molar-refractivity contribution in [1.29, 1.82) is 0 Å². The van der Waals surface area contributed by atoms with Crippen LogP contribution in [-0.2, 0) is 0 Å². The minimum absolute atomic E-state index is 0.122. The predicted molar refractivity (Wildman–Crippen MR) is 117 cm³/mol. The van der Waals surface area contributed by atoms with Gasteiger partial charge in [-0.1, -0.05) is 13.0 Å². The Kier molecular flexibility index (Phi) is 7.29. The third-order valence-electron chi connectivity index (χ3n) is 5.64. The number of ketones is 1. The molecule has 5 heteroatoms. The summed E-state index contributed by atoms with van der Waals surface area (Å²) in [4.78, 5) is 16.4. The fourth-order valence-corrected chi connectivity index (χ4v) is 3.60. The van der Waals surface area contributed by atoms with Crippen molar-refractivity contribution in [3.8, 4) is 5.75 Å². The predicted octanol–water partition coefficient (Wildman–Crippen LogP) is 3.46. The molecule has 0 aliphatic carbocycles. The molecule has 0 bridgehead atoms. The number of carbonyl (C=O) groups is 1. The van der Waals surface area contributed by atoms with E-state index in [1.807, 2.05) is 6.92 Å². The highest BCUT2D eigenvalue weighted by Gasteiger charge is 2.20. The lowest BCUT2D eigenvalue weighted by molar-refractivity contribution is 0.0663. The highest BCUT2D eigenvalue weighted by Crippen LogP contribution is 2.20. The lowest BCUT2D eigenvalue weighted by atomic mass is 10.1. The van der Waals surface area contributed by atoms with Gasteiger partial charge in [0.05, 0.1) is 0 Å². The van der Waals surface area contributed by atoms with Crippen LogP contribution in [-0.4, -0.2) is 61.2 Å². The number of rotatable bonds is 8. The normalized spacial score (nSPS) is 15.9. The summed E-state index contributed by atoms with van der Waals surface area (Å²) in [6.07, 6.45) is -0.0458. The maximum atomic E-state index is 11.7. The molecule has 1 fully saturated rings. The van der Waals surface area contributed by atoms with Crippen LogP contribution >= 0.6 is 0 Å². The number of aryl methyl sites for hydroxylation is 2. The van der Waals surface area contributed by atoms with Gasteiger partial charge in [-0.05, 0) is 61.4 Å². The van der Waals surface area contributed by atoms with Gasteiger partial charge in [0.2, 0.25) is 0 Å². The number of β-amino-alcohol motifs (C(OH)–C–C–N with tert-alkyl or cyclic N) is 1. The Morgan fingerprint density at radius 2 is 1.72 bits per heavy atom. The van der Waals surface area contributed by atoms with Gasteiger partial charge < -0.3 is 14.7 Å². The summed E-state index contributed by atoms with van der Waals surface area (Å²) in [5, 5.41) is 10.4. The monoisotopic (exact) mass is 396 g/mol. The number of carbonyl (C=O) groups excluding carboxylic acids is 1. The van der Waals surface area contributed by atoms with E-state index in [9.17, 15) is 9.90 Å². The topological polar surface area (TPSA) is 53.0 Å². The first-order chi connectivity index (χ1) is 14.0. The third-order valence-corrected chi connectivity index (χ3v) is 5.64. The number of benzene rings is 2. The van der Waals surface area contributed by atoms with Crippen molar-refractivity contribution in [3.05, 3.63) is 59.2 Å². The molecular formula is C24H32N2O3. The number of nitrogens with zero attached hydrogens (tertiary/aromatic N) is 2. The number of hydrogen-bond donors (Lipinski definition) is 1. The zero-order chi connectivity index (χ0) is 20.8. The molecule has 2 aromatic rings. The molecule has 29 heavy (non-hydrogen) atoms. The second-order valence-corrected chi connectivity index (χ2v) is 7.82. The molecule has 156 valence electrons. The van der Waals surface area contributed by atoms with Gasteiger partial charge in [0.25, 0.3) is 0 Å². The number of Topliss-reactive ketones (excluding diaryl/α,β-unsaturated/α-hetero) is 1. The molecule has 1 unspecified atom stereocenters. The average Bonchev–Trinajstić information content (AvgIpc) is 2.74. The first-order valence-electron chi connectivity index (χ1n) is 10.4. The van der Waals surface area contributed by atoms with Crippen LogP contribution in [0.5, 0.6) is 5.75 Å². The molecule has 0 radical (unpaired) electrons. The van der Waals surface area contributed by atoms with Crippen molar-refractivity contribution in [2.45, 2.75) is 33.3 Å². The molecular weight excluding hydrogens is 364 g/mol. The van der Waals surface area contributed by atoms with Crippen LogP contribution in [0.4, 0.5) is 5.69 Å². The SMILES string of the molecule is CCC(=O)c1ccc(OCC(O)CN2CCN(c3ccc(C)c(C)c3)CC2)cc1. The summed E-state index contributed by atoms with van der Waals surface area (Å²) in [5.74, 6) is 0.799. The lowest BCUT2D eigenvalue weighted by Gasteiger charge is -2.37. The van der Waals surface area contributed by atoms with Crippen LogP contribution < -0.4 is 9.64 Å². The van der Waals surface area contributed by atoms with E-state index in [1.54, 1.807) is 24.3 Å². The number of piperazine rings is 1. The quantitative estimate of drug-likeness (QED) is 0.693. The van der Waals surface area contributed by atoms with Gasteiger partial charge in [0, 0.05) is 50.4 Å². The Bertz CT molecular complexity index is 811. The van der Waals surface area contributed by atoms with Gasteiger partial charge >= 0.3 is 0 Å². The van der Waals surface area contributed by atoms with Gasteiger partial charge in [0.1, 0.15) is 18.5 Å². The summed E-state index contributed by atoms with van der Waals surface area (Å²) in [6, 6.07) is 13.8. The van der Waals surface area contributed by atoms with E-state index in [-0.39, 0.29) is 12.4 Å². The van der Waals surface area contributed by atoms with Crippen molar-refractivity contribution in [3.63, 3.8) is 0 Å². The Labute approximate surface area is 173 Å². The Morgan fingerprint density at radius 3 is 2.34 bits per heavy atom. The zero-order valence-electron chi connectivity index (χ0n) is 17.7. The van der Waals surface area contributed by atoms with E-state index >= 15 is 0 Å².